The average Bonchev–Trinajstić information content (AvgIpc) is 3.20. The van der Waals surface area contributed by atoms with Crippen molar-refractivity contribution in [2.45, 2.75) is 44.9 Å². The number of rotatable bonds is 5. The number of imide groups is 1. The number of carbonyl (C=O) groups excluding carboxylic acids is 3. The van der Waals surface area contributed by atoms with Crippen molar-refractivity contribution in [3.63, 3.8) is 0 Å². The Morgan fingerprint density at radius 2 is 2.04 bits per heavy atom. The summed E-state index contributed by atoms with van der Waals surface area (Å²) in [6, 6.07) is 3.04. The van der Waals surface area contributed by atoms with Gasteiger partial charge in [-0.2, -0.15) is 9.28 Å². The topological polar surface area (TPSA) is 88.5 Å². The van der Waals surface area contributed by atoms with E-state index >= 15 is 0 Å². The lowest BCUT2D eigenvalue weighted by Gasteiger charge is -2.33. The molecule has 1 aliphatic rings. The molecule has 136 valence electrons. The maximum absolute atomic E-state index is 13.1. The third-order valence-corrected chi connectivity index (χ3v) is 6.87. The standard InChI is InChI=1S/C17H21NO5S2/c1-10-6-4-8-18(10,17(22)23)16(21)11(2)15(25-12(3)19)14(20)13-7-5-9-24-13/h5,7,9-11,15H,4,6,8H2,1-3H3/p+1/t10?,11?,15-,18-/m0/s1. The van der Waals surface area contributed by atoms with Crippen LogP contribution in [0.3, 0.4) is 0 Å². The molecule has 0 spiro atoms. The van der Waals surface area contributed by atoms with E-state index in [1.807, 2.05) is 0 Å². The lowest BCUT2D eigenvalue weighted by atomic mass is 9.99. The summed E-state index contributed by atoms with van der Waals surface area (Å²) in [7, 11) is 0. The van der Waals surface area contributed by atoms with Gasteiger partial charge in [0.15, 0.2) is 10.9 Å². The highest BCUT2D eigenvalue weighted by atomic mass is 32.2. The first-order valence-corrected chi connectivity index (χ1v) is 9.88. The summed E-state index contributed by atoms with van der Waals surface area (Å²) in [5.41, 5.74) is 0. The Hall–Kier alpha value is -1.51. The molecule has 1 N–H and O–H groups in total. The highest BCUT2D eigenvalue weighted by Gasteiger charge is 2.56. The summed E-state index contributed by atoms with van der Waals surface area (Å²) >= 11 is 2.05. The van der Waals surface area contributed by atoms with E-state index in [1.54, 1.807) is 31.4 Å². The molecule has 6 nitrogen and oxygen atoms in total. The van der Waals surface area contributed by atoms with E-state index < -0.39 is 27.7 Å². The number of ketones is 1. The number of thiophene rings is 1. The summed E-state index contributed by atoms with van der Waals surface area (Å²) in [5.74, 6) is -1.67. The van der Waals surface area contributed by atoms with Crippen molar-refractivity contribution in [3.05, 3.63) is 22.4 Å². The number of carbonyl (C=O) groups is 4. The van der Waals surface area contributed by atoms with Crippen molar-refractivity contribution in [3.8, 4) is 0 Å². The van der Waals surface area contributed by atoms with Gasteiger partial charge in [0, 0.05) is 19.8 Å². The largest absolute Gasteiger partial charge is 0.521 e. The van der Waals surface area contributed by atoms with Crippen LogP contribution >= 0.6 is 23.1 Å². The van der Waals surface area contributed by atoms with Gasteiger partial charge in [-0.3, -0.25) is 9.59 Å². The number of quaternary nitrogens is 1. The number of thioether (sulfide) groups is 1. The summed E-state index contributed by atoms with van der Waals surface area (Å²) in [4.78, 5) is 49.9. The predicted octanol–water partition coefficient (Wildman–Crippen LogP) is 3.42. The molecule has 0 radical (unpaired) electrons. The molecule has 0 aliphatic carbocycles. The quantitative estimate of drug-likeness (QED) is 0.618. The van der Waals surface area contributed by atoms with Crippen LogP contribution < -0.4 is 0 Å². The van der Waals surface area contributed by atoms with E-state index in [0.717, 1.165) is 11.8 Å². The maximum atomic E-state index is 13.1. The predicted molar refractivity (Wildman–Crippen MR) is 96.7 cm³/mol. The average molecular weight is 384 g/mol. The molecule has 1 saturated heterocycles. The molecule has 1 aliphatic heterocycles. The van der Waals surface area contributed by atoms with E-state index in [2.05, 4.69) is 0 Å². The zero-order chi connectivity index (χ0) is 18.8. The number of Topliss-reactive ketones (excluding diaryl/α,β-unsaturated/α-hetero) is 1. The molecule has 2 heterocycles. The van der Waals surface area contributed by atoms with Gasteiger partial charge in [0.1, 0.15) is 6.04 Å². The molecular formula is C17H22NO5S2+. The van der Waals surface area contributed by atoms with Gasteiger partial charge in [0.05, 0.1) is 22.6 Å². The van der Waals surface area contributed by atoms with Crippen LogP contribution in [0.15, 0.2) is 17.5 Å². The fourth-order valence-electron chi connectivity index (χ4n) is 3.40. The monoisotopic (exact) mass is 384 g/mol. The van der Waals surface area contributed by atoms with Gasteiger partial charge in [-0.1, -0.05) is 17.8 Å². The van der Waals surface area contributed by atoms with Crippen LogP contribution in [-0.4, -0.2) is 50.3 Å². The number of nitrogens with zero attached hydrogens (tertiary/aromatic N) is 1. The molecule has 0 bridgehead atoms. The number of likely N-dealkylation sites (tertiary alicyclic amines) is 1. The van der Waals surface area contributed by atoms with Crippen molar-refractivity contribution >= 4 is 46.0 Å². The van der Waals surface area contributed by atoms with Crippen LogP contribution in [0, 0.1) is 5.92 Å². The fraction of sp³-hybridized carbons (Fsp3) is 0.529. The van der Waals surface area contributed by atoms with Crippen molar-refractivity contribution < 1.29 is 28.8 Å². The normalized spacial score (nSPS) is 25.3. The van der Waals surface area contributed by atoms with Gasteiger partial charge in [0.25, 0.3) is 0 Å². The third kappa shape index (κ3) is 3.70. The Morgan fingerprint density at radius 3 is 2.48 bits per heavy atom. The molecule has 2 unspecified atom stereocenters. The lowest BCUT2D eigenvalue weighted by Crippen LogP contribution is -2.61. The van der Waals surface area contributed by atoms with Crippen LogP contribution in [0.5, 0.6) is 0 Å². The van der Waals surface area contributed by atoms with Gasteiger partial charge in [-0.25, -0.2) is 4.79 Å². The molecule has 0 saturated carbocycles. The first kappa shape index (κ1) is 19.8. The zero-order valence-electron chi connectivity index (χ0n) is 14.4. The summed E-state index contributed by atoms with van der Waals surface area (Å²) in [6.45, 7) is 4.88. The molecule has 1 aromatic rings. The molecule has 2 amide bonds. The van der Waals surface area contributed by atoms with E-state index in [4.69, 9.17) is 0 Å². The van der Waals surface area contributed by atoms with Crippen LogP contribution in [0.1, 0.15) is 43.3 Å². The van der Waals surface area contributed by atoms with E-state index in [-0.39, 0.29) is 23.5 Å². The fourth-order valence-corrected chi connectivity index (χ4v) is 5.09. The summed E-state index contributed by atoms with van der Waals surface area (Å²) in [5, 5.41) is 10.3. The number of hydrogen-bond acceptors (Lipinski definition) is 6. The van der Waals surface area contributed by atoms with Crippen LogP contribution in [0.2, 0.25) is 0 Å². The van der Waals surface area contributed by atoms with Crippen molar-refractivity contribution in [1.29, 1.82) is 0 Å². The molecule has 8 heteroatoms. The van der Waals surface area contributed by atoms with E-state index in [0.29, 0.717) is 17.7 Å². The second kappa shape index (κ2) is 7.80. The third-order valence-electron chi connectivity index (χ3n) is 4.78. The minimum atomic E-state index is -1.18. The van der Waals surface area contributed by atoms with Crippen molar-refractivity contribution in [2.75, 3.05) is 6.54 Å². The van der Waals surface area contributed by atoms with Crippen LogP contribution in [0.25, 0.3) is 0 Å². The summed E-state index contributed by atoms with van der Waals surface area (Å²) < 4.78 is -0.659. The SMILES string of the molecule is CC(=O)S[C@H](C(=O)c1cccs1)C(C)C(=O)[N@+]1(C(=O)O)CCCC1C. The molecule has 25 heavy (non-hydrogen) atoms. The van der Waals surface area contributed by atoms with Gasteiger partial charge in [-0.15, -0.1) is 11.3 Å². The molecule has 2 rings (SSSR count). The molecule has 4 atom stereocenters. The highest BCUT2D eigenvalue weighted by Crippen LogP contribution is 2.34. The molecule has 1 fully saturated rings. The first-order valence-electron chi connectivity index (χ1n) is 8.12. The van der Waals surface area contributed by atoms with Gasteiger partial charge in [-0.05, 0) is 25.3 Å². The molecule has 1 aromatic heterocycles. The second-order valence-corrected chi connectivity index (χ2v) is 8.63. The van der Waals surface area contributed by atoms with Crippen molar-refractivity contribution in [2.24, 2.45) is 5.92 Å². The highest BCUT2D eigenvalue weighted by molar-refractivity contribution is 8.14. The summed E-state index contributed by atoms with van der Waals surface area (Å²) in [6.07, 6.45) is 0.112. The van der Waals surface area contributed by atoms with E-state index in [9.17, 15) is 24.3 Å². The Kier molecular flexibility index (Phi) is 6.18. The van der Waals surface area contributed by atoms with Gasteiger partial charge < -0.3 is 5.11 Å². The van der Waals surface area contributed by atoms with Gasteiger partial charge in [0.2, 0.25) is 0 Å². The van der Waals surface area contributed by atoms with Crippen molar-refractivity contribution in [1.82, 2.24) is 0 Å². The minimum Gasteiger partial charge on any atom is -0.435 e. The first-order chi connectivity index (χ1) is 11.7. The Labute approximate surface area is 154 Å². The minimum absolute atomic E-state index is 0.227. The smallest absolute Gasteiger partial charge is 0.435 e. The van der Waals surface area contributed by atoms with Crippen LogP contribution in [-0.2, 0) is 9.59 Å². The Morgan fingerprint density at radius 1 is 1.36 bits per heavy atom. The zero-order valence-corrected chi connectivity index (χ0v) is 16.1. The van der Waals surface area contributed by atoms with E-state index in [1.165, 1.54) is 18.3 Å². The second-order valence-electron chi connectivity index (χ2n) is 6.36. The number of amides is 2. The Balaban J connectivity index is 2.36. The molecular weight excluding hydrogens is 362 g/mol. The molecule has 0 aromatic carbocycles. The number of carboxylic acid groups (broad SMARTS) is 1. The maximum Gasteiger partial charge on any atom is 0.521 e. The lowest BCUT2D eigenvalue weighted by molar-refractivity contribution is -0.794. The van der Waals surface area contributed by atoms with Crippen LogP contribution in [0.4, 0.5) is 4.79 Å². The number of hydrogen-bond donors (Lipinski definition) is 1. The van der Waals surface area contributed by atoms with Gasteiger partial charge >= 0.3 is 12.0 Å². The Bertz CT molecular complexity index is 687.